The van der Waals surface area contributed by atoms with Crippen LogP contribution in [0.25, 0.3) is 0 Å². The van der Waals surface area contributed by atoms with Crippen LogP contribution in [0.15, 0.2) is 12.2 Å². The maximum atomic E-state index is 11.5. The highest BCUT2D eigenvalue weighted by atomic mass is 16.4. The number of nitrogens with one attached hydrogen (secondary N) is 2. The molecule has 3 N–H and O–H groups in total. The van der Waals surface area contributed by atoms with Crippen molar-refractivity contribution in [1.29, 1.82) is 0 Å². The van der Waals surface area contributed by atoms with Crippen LogP contribution in [-0.4, -0.2) is 29.7 Å². The Morgan fingerprint density at radius 1 is 1.44 bits per heavy atom. The molecule has 0 heterocycles. The molecule has 102 valence electrons. The van der Waals surface area contributed by atoms with Crippen LogP contribution in [0.2, 0.25) is 0 Å². The first-order chi connectivity index (χ1) is 8.59. The van der Waals surface area contributed by atoms with Gasteiger partial charge in [0.25, 0.3) is 0 Å². The topological polar surface area (TPSA) is 78.4 Å². The number of hydrogen-bond donors (Lipinski definition) is 3. The van der Waals surface area contributed by atoms with Gasteiger partial charge in [0.05, 0.1) is 5.92 Å². The summed E-state index contributed by atoms with van der Waals surface area (Å²) in [5.41, 5.74) is 0. The summed E-state index contributed by atoms with van der Waals surface area (Å²) < 4.78 is 0. The number of urea groups is 1. The van der Waals surface area contributed by atoms with E-state index >= 15 is 0 Å². The minimum atomic E-state index is -0.784. The van der Waals surface area contributed by atoms with Crippen molar-refractivity contribution < 1.29 is 14.7 Å². The first kappa shape index (κ1) is 14.5. The summed E-state index contributed by atoms with van der Waals surface area (Å²) in [4.78, 5) is 22.1. The minimum Gasteiger partial charge on any atom is -0.481 e. The second-order valence-electron chi connectivity index (χ2n) is 4.76. The van der Waals surface area contributed by atoms with E-state index in [4.69, 9.17) is 5.11 Å². The Morgan fingerprint density at radius 2 is 2.22 bits per heavy atom. The van der Waals surface area contributed by atoms with Gasteiger partial charge < -0.3 is 15.7 Å². The first-order valence-electron chi connectivity index (χ1n) is 6.51. The monoisotopic (exact) mass is 254 g/mol. The molecule has 5 nitrogen and oxygen atoms in total. The molecule has 1 aliphatic rings. The predicted octanol–water partition coefficient (Wildman–Crippen LogP) is 1.90. The second-order valence-corrected chi connectivity index (χ2v) is 4.76. The summed E-state index contributed by atoms with van der Waals surface area (Å²) in [6.45, 7) is 2.20. The van der Waals surface area contributed by atoms with Crippen molar-refractivity contribution in [2.75, 3.05) is 6.54 Å². The Labute approximate surface area is 108 Å². The number of allylic oxidation sites excluding steroid dienone is 1. The van der Waals surface area contributed by atoms with Crippen molar-refractivity contribution in [3.05, 3.63) is 12.2 Å². The molecule has 5 heteroatoms. The van der Waals surface area contributed by atoms with Gasteiger partial charge in [0.1, 0.15) is 0 Å². The maximum absolute atomic E-state index is 11.5. The van der Waals surface area contributed by atoms with Crippen molar-refractivity contribution in [3.63, 3.8) is 0 Å². The molecule has 1 rings (SSSR count). The standard InChI is InChI=1S/C13H22N2O3/c1-10(12(16)17)6-5-9-14-13(18)15-11-7-3-2-4-8-11/h2-3,10-11H,4-9H2,1H3,(H,16,17)(H2,14,15,18). The van der Waals surface area contributed by atoms with Crippen LogP contribution in [0.3, 0.4) is 0 Å². The lowest BCUT2D eigenvalue weighted by atomic mass is 10.0. The lowest BCUT2D eigenvalue weighted by molar-refractivity contribution is -0.141. The van der Waals surface area contributed by atoms with Crippen LogP contribution in [-0.2, 0) is 4.79 Å². The number of carboxylic acids is 1. The van der Waals surface area contributed by atoms with E-state index in [1.54, 1.807) is 6.92 Å². The molecule has 0 aromatic rings. The molecule has 0 bridgehead atoms. The molecule has 0 aromatic carbocycles. The fraction of sp³-hybridized carbons (Fsp3) is 0.692. The fourth-order valence-corrected chi connectivity index (χ4v) is 1.89. The average Bonchev–Trinajstić information content (AvgIpc) is 2.35. The normalized spacial score (nSPS) is 20.2. The van der Waals surface area contributed by atoms with Crippen molar-refractivity contribution in [1.82, 2.24) is 10.6 Å². The highest BCUT2D eigenvalue weighted by Crippen LogP contribution is 2.10. The Morgan fingerprint density at radius 3 is 2.83 bits per heavy atom. The number of carbonyl (C=O) groups excluding carboxylic acids is 1. The van der Waals surface area contributed by atoms with E-state index in [0.29, 0.717) is 19.4 Å². The summed E-state index contributed by atoms with van der Waals surface area (Å²) in [7, 11) is 0. The van der Waals surface area contributed by atoms with Gasteiger partial charge in [-0.15, -0.1) is 0 Å². The van der Waals surface area contributed by atoms with Crippen molar-refractivity contribution in [2.24, 2.45) is 5.92 Å². The molecule has 0 aromatic heterocycles. The molecular weight excluding hydrogens is 232 g/mol. The van der Waals surface area contributed by atoms with E-state index in [-0.39, 0.29) is 18.0 Å². The van der Waals surface area contributed by atoms with Gasteiger partial charge in [-0.2, -0.15) is 0 Å². The highest BCUT2D eigenvalue weighted by Gasteiger charge is 2.13. The summed E-state index contributed by atoms with van der Waals surface area (Å²) in [6.07, 6.45) is 8.38. The van der Waals surface area contributed by atoms with E-state index < -0.39 is 5.97 Å². The predicted molar refractivity (Wildman–Crippen MR) is 69.3 cm³/mol. The number of carbonyl (C=O) groups is 2. The third-order valence-corrected chi connectivity index (χ3v) is 3.13. The number of rotatable bonds is 6. The molecule has 2 unspecified atom stereocenters. The smallest absolute Gasteiger partial charge is 0.315 e. The van der Waals surface area contributed by atoms with Gasteiger partial charge in [-0.25, -0.2) is 4.79 Å². The largest absolute Gasteiger partial charge is 0.481 e. The summed E-state index contributed by atoms with van der Waals surface area (Å²) in [5.74, 6) is -1.13. The SMILES string of the molecule is CC(CCCNC(=O)NC1CC=CCC1)C(=O)O. The number of amides is 2. The molecule has 0 saturated heterocycles. The third kappa shape index (κ3) is 5.70. The molecule has 0 fully saturated rings. The molecular formula is C13H22N2O3. The van der Waals surface area contributed by atoms with Crippen molar-refractivity contribution in [3.8, 4) is 0 Å². The Kier molecular flexibility index (Phi) is 6.25. The lowest BCUT2D eigenvalue weighted by Gasteiger charge is -2.19. The molecule has 1 aliphatic carbocycles. The zero-order chi connectivity index (χ0) is 13.4. The van der Waals surface area contributed by atoms with Crippen LogP contribution in [0.1, 0.15) is 39.0 Å². The van der Waals surface area contributed by atoms with Gasteiger partial charge >= 0.3 is 12.0 Å². The van der Waals surface area contributed by atoms with Gasteiger partial charge in [-0.05, 0) is 32.1 Å². The molecule has 0 aliphatic heterocycles. The van der Waals surface area contributed by atoms with Crippen LogP contribution in [0.5, 0.6) is 0 Å². The molecule has 2 amide bonds. The second kappa shape index (κ2) is 7.74. The highest BCUT2D eigenvalue weighted by molar-refractivity contribution is 5.74. The summed E-state index contributed by atoms with van der Waals surface area (Å²) in [6, 6.07) is 0.0752. The molecule has 0 radical (unpaired) electrons. The summed E-state index contributed by atoms with van der Waals surface area (Å²) >= 11 is 0. The van der Waals surface area contributed by atoms with Gasteiger partial charge in [0, 0.05) is 12.6 Å². The van der Waals surface area contributed by atoms with Crippen LogP contribution in [0.4, 0.5) is 4.79 Å². The molecule has 0 spiro atoms. The Bertz CT molecular complexity index is 315. The minimum absolute atomic E-state index is 0.154. The van der Waals surface area contributed by atoms with Gasteiger partial charge in [-0.1, -0.05) is 19.1 Å². The zero-order valence-electron chi connectivity index (χ0n) is 10.8. The number of aliphatic carboxylic acids is 1. The fourth-order valence-electron chi connectivity index (χ4n) is 1.89. The van der Waals surface area contributed by atoms with E-state index in [1.807, 2.05) is 0 Å². The van der Waals surface area contributed by atoms with Gasteiger partial charge in [-0.3, -0.25) is 4.79 Å². The van der Waals surface area contributed by atoms with E-state index in [1.165, 1.54) is 0 Å². The van der Waals surface area contributed by atoms with E-state index in [2.05, 4.69) is 22.8 Å². The van der Waals surface area contributed by atoms with Gasteiger partial charge in [0.15, 0.2) is 0 Å². The zero-order valence-corrected chi connectivity index (χ0v) is 10.8. The van der Waals surface area contributed by atoms with Crippen LogP contribution < -0.4 is 10.6 Å². The number of carboxylic acid groups (broad SMARTS) is 1. The van der Waals surface area contributed by atoms with E-state index in [9.17, 15) is 9.59 Å². The molecule has 18 heavy (non-hydrogen) atoms. The average molecular weight is 254 g/mol. The van der Waals surface area contributed by atoms with Crippen LogP contribution in [0, 0.1) is 5.92 Å². The lowest BCUT2D eigenvalue weighted by Crippen LogP contribution is -2.42. The van der Waals surface area contributed by atoms with Crippen molar-refractivity contribution in [2.45, 2.75) is 45.1 Å². The summed E-state index contributed by atoms with van der Waals surface area (Å²) in [5, 5.41) is 14.4. The third-order valence-electron chi connectivity index (χ3n) is 3.13. The van der Waals surface area contributed by atoms with Crippen LogP contribution >= 0.6 is 0 Å². The Balaban J connectivity index is 2.06. The van der Waals surface area contributed by atoms with Gasteiger partial charge in [0.2, 0.25) is 0 Å². The molecule has 0 saturated carbocycles. The molecule has 2 atom stereocenters. The van der Waals surface area contributed by atoms with Crippen molar-refractivity contribution >= 4 is 12.0 Å². The number of hydrogen-bond acceptors (Lipinski definition) is 2. The first-order valence-corrected chi connectivity index (χ1v) is 6.51. The van der Waals surface area contributed by atoms with E-state index in [0.717, 1.165) is 19.3 Å². The maximum Gasteiger partial charge on any atom is 0.315 e. The quantitative estimate of drug-likeness (QED) is 0.500. The Hall–Kier alpha value is -1.52.